The average Bonchev–Trinajstić information content (AvgIpc) is 1.96. The summed E-state index contributed by atoms with van der Waals surface area (Å²) in [4.78, 5) is 33.7. The van der Waals surface area contributed by atoms with Crippen LogP contribution in [0.3, 0.4) is 0 Å². The minimum absolute atomic E-state index is 0.479. The molecule has 0 atom stereocenters. The molecule has 0 aromatic heterocycles. The zero-order valence-corrected chi connectivity index (χ0v) is 8.83. The molecule has 5 nitrogen and oxygen atoms in total. The highest BCUT2D eigenvalue weighted by Gasteiger charge is 2.30. The lowest BCUT2D eigenvalue weighted by Gasteiger charge is -2.25. The maximum atomic E-state index is 11.6. The van der Waals surface area contributed by atoms with Gasteiger partial charge < -0.3 is 5.11 Å². The Balaban J connectivity index is 4.76. The van der Waals surface area contributed by atoms with Crippen LogP contribution in [0.4, 0.5) is 0 Å². The van der Waals surface area contributed by atoms with Gasteiger partial charge in [0.1, 0.15) is 6.54 Å². The molecular formula is C9H15NO4. The Bertz CT molecular complexity index is 264. The number of nitrogens with zero attached hydrogens (tertiary/aromatic N) is 1. The summed E-state index contributed by atoms with van der Waals surface area (Å²) < 4.78 is 0. The molecule has 80 valence electrons. The fourth-order valence-electron chi connectivity index (χ4n) is 0.866. The van der Waals surface area contributed by atoms with Gasteiger partial charge in [0, 0.05) is 12.3 Å². The third-order valence-electron chi connectivity index (χ3n) is 1.56. The van der Waals surface area contributed by atoms with Crippen LogP contribution in [0.1, 0.15) is 27.7 Å². The summed E-state index contributed by atoms with van der Waals surface area (Å²) in [6.45, 7) is 5.49. The van der Waals surface area contributed by atoms with Gasteiger partial charge in [0.2, 0.25) is 11.8 Å². The van der Waals surface area contributed by atoms with Crippen LogP contribution in [0.25, 0.3) is 0 Å². The van der Waals surface area contributed by atoms with E-state index >= 15 is 0 Å². The lowest BCUT2D eigenvalue weighted by molar-refractivity contribution is -0.155. The number of amides is 2. The summed E-state index contributed by atoms with van der Waals surface area (Å²) in [5.74, 6) is -2.22. The van der Waals surface area contributed by atoms with Gasteiger partial charge in [-0.1, -0.05) is 20.8 Å². The smallest absolute Gasteiger partial charge is 0.323 e. The number of hydrogen-bond acceptors (Lipinski definition) is 3. The fraction of sp³-hybridized carbons (Fsp3) is 0.667. The van der Waals surface area contributed by atoms with E-state index in [9.17, 15) is 14.4 Å². The van der Waals surface area contributed by atoms with E-state index in [4.69, 9.17) is 5.11 Å². The van der Waals surface area contributed by atoms with Crippen LogP contribution in [0.2, 0.25) is 0 Å². The zero-order valence-electron chi connectivity index (χ0n) is 8.83. The monoisotopic (exact) mass is 201 g/mol. The van der Waals surface area contributed by atoms with Crippen molar-refractivity contribution >= 4 is 17.8 Å². The van der Waals surface area contributed by atoms with Crippen LogP contribution in [0.15, 0.2) is 0 Å². The Morgan fingerprint density at radius 2 is 1.64 bits per heavy atom. The standard InChI is InChI=1S/C9H15NO4/c1-6(11)10(5-7(12)13)8(14)9(2,3)4/h5H2,1-4H3,(H,12,13). The lowest BCUT2D eigenvalue weighted by Crippen LogP contribution is -2.45. The Morgan fingerprint density at radius 1 is 1.21 bits per heavy atom. The minimum Gasteiger partial charge on any atom is -0.480 e. The Hall–Kier alpha value is -1.39. The molecule has 14 heavy (non-hydrogen) atoms. The molecular weight excluding hydrogens is 186 g/mol. The molecule has 0 aliphatic heterocycles. The number of carboxylic acids is 1. The Morgan fingerprint density at radius 3 is 1.86 bits per heavy atom. The Kier molecular flexibility index (Phi) is 3.80. The van der Waals surface area contributed by atoms with Gasteiger partial charge in [0.05, 0.1) is 0 Å². The first kappa shape index (κ1) is 12.6. The van der Waals surface area contributed by atoms with Crippen LogP contribution in [0.5, 0.6) is 0 Å². The van der Waals surface area contributed by atoms with Gasteiger partial charge in [-0.15, -0.1) is 0 Å². The molecule has 0 aliphatic carbocycles. The highest BCUT2D eigenvalue weighted by Crippen LogP contribution is 2.17. The van der Waals surface area contributed by atoms with Gasteiger partial charge in [-0.25, -0.2) is 0 Å². The van der Waals surface area contributed by atoms with Crippen molar-refractivity contribution in [2.75, 3.05) is 6.54 Å². The second-order valence-corrected chi connectivity index (χ2v) is 4.05. The number of imide groups is 1. The normalized spacial score (nSPS) is 10.9. The molecule has 0 bridgehead atoms. The van der Waals surface area contributed by atoms with E-state index < -0.39 is 29.7 Å². The van der Waals surface area contributed by atoms with Crippen molar-refractivity contribution in [2.24, 2.45) is 5.41 Å². The summed E-state index contributed by atoms with van der Waals surface area (Å²) in [7, 11) is 0. The van der Waals surface area contributed by atoms with E-state index in [1.54, 1.807) is 20.8 Å². The molecule has 0 fully saturated rings. The van der Waals surface area contributed by atoms with E-state index in [-0.39, 0.29) is 0 Å². The number of carbonyl (C=O) groups excluding carboxylic acids is 2. The second kappa shape index (κ2) is 4.21. The average molecular weight is 201 g/mol. The van der Waals surface area contributed by atoms with Crippen molar-refractivity contribution in [1.82, 2.24) is 4.90 Å². The minimum atomic E-state index is -1.20. The van der Waals surface area contributed by atoms with Crippen molar-refractivity contribution < 1.29 is 19.5 Å². The molecule has 0 aromatic carbocycles. The topological polar surface area (TPSA) is 74.7 Å². The molecule has 0 aromatic rings. The third kappa shape index (κ3) is 3.55. The van der Waals surface area contributed by atoms with Crippen molar-refractivity contribution in [3.8, 4) is 0 Å². The van der Waals surface area contributed by atoms with Gasteiger partial charge >= 0.3 is 5.97 Å². The molecule has 0 aliphatic rings. The second-order valence-electron chi connectivity index (χ2n) is 4.05. The Labute approximate surface area is 82.7 Å². The van der Waals surface area contributed by atoms with E-state index in [0.717, 1.165) is 4.90 Å². The quantitative estimate of drug-likeness (QED) is 0.705. The van der Waals surface area contributed by atoms with Crippen LogP contribution in [-0.2, 0) is 14.4 Å². The molecule has 0 saturated carbocycles. The summed E-state index contributed by atoms with van der Waals surface area (Å²) >= 11 is 0. The molecule has 0 spiro atoms. The van der Waals surface area contributed by atoms with Gasteiger partial charge in [0.15, 0.2) is 0 Å². The van der Waals surface area contributed by atoms with Crippen molar-refractivity contribution in [2.45, 2.75) is 27.7 Å². The van der Waals surface area contributed by atoms with E-state index in [1.165, 1.54) is 6.92 Å². The molecule has 5 heteroatoms. The van der Waals surface area contributed by atoms with Crippen LogP contribution in [-0.4, -0.2) is 34.3 Å². The van der Waals surface area contributed by atoms with Crippen molar-refractivity contribution in [3.63, 3.8) is 0 Å². The predicted molar refractivity (Wildman–Crippen MR) is 49.5 cm³/mol. The number of hydrogen-bond donors (Lipinski definition) is 1. The molecule has 0 unspecified atom stereocenters. The maximum Gasteiger partial charge on any atom is 0.323 e. The summed E-state index contributed by atoms with van der Waals surface area (Å²) in [6, 6.07) is 0. The number of carbonyl (C=O) groups is 3. The van der Waals surface area contributed by atoms with E-state index in [2.05, 4.69) is 0 Å². The third-order valence-corrected chi connectivity index (χ3v) is 1.56. The molecule has 0 heterocycles. The summed E-state index contributed by atoms with van der Waals surface area (Å²) in [6.07, 6.45) is 0. The van der Waals surface area contributed by atoms with Crippen molar-refractivity contribution in [3.05, 3.63) is 0 Å². The van der Waals surface area contributed by atoms with E-state index in [1.807, 2.05) is 0 Å². The fourth-order valence-corrected chi connectivity index (χ4v) is 0.866. The highest BCUT2D eigenvalue weighted by molar-refractivity contribution is 5.99. The van der Waals surface area contributed by atoms with Gasteiger partial charge in [-0.05, 0) is 0 Å². The first-order valence-electron chi connectivity index (χ1n) is 4.20. The first-order valence-corrected chi connectivity index (χ1v) is 4.20. The van der Waals surface area contributed by atoms with Gasteiger partial charge in [-0.2, -0.15) is 0 Å². The molecule has 0 radical (unpaired) electrons. The number of aliphatic carboxylic acids is 1. The highest BCUT2D eigenvalue weighted by atomic mass is 16.4. The first-order chi connectivity index (χ1) is 6.16. The summed E-state index contributed by atoms with van der Waals surface area (Å²) in [5, 5.41) is 8.50. The van der Waals surface area contributed by atoms with Crippen LogP contribution >= 0.6 is 0 Å². The molecule has 0 rings (SSSR count). The van der Waals surface area contributed by atoms with Crippen LogP contribution < -0.4 is 0 Å². The largest absolute Gasteiger partial charge is 0.480 e. The van der Waals surface area contributed by atoms with Gasteiger partial charge in [0.25, 0.3) is 0 Å². The number of carboxylic acid groups (broad SMARTS) is 1. The summed E-state index contributed by atoms with van der Waals surface area (Å²) in [5.41, 5.74) is -0.749. The SMILES string of the molecule is CC(=O)N(CC(=O)O)C(=O)C(C)(C)C. The molecule has 1 N–H and O–H groups in total. The van der Waals surface area contributed by atoms with E-state index in [0.29, 0.717) is 0 Å². The van der Waals surface area contributed by atoms with Crippen molar-refractivity contribution in [1.29, 1.82) is 0 Å². The number of rotatable bonds is 2. The lowest BCUT2D eigenvalue weighted by atomic mass is 9.94. The van der Waals surface area contributed by atoms with Crippen LogP contribution in [0, 0.1) is 5.41 Å². The van der Waals surface area contributed by atoms with Gasteiger partial charge in [-0.3, -0.25) is 19.3 Å². The predicted octanol–water partition coefficient (Wildman–Crippen LogP) is 0.492. The molecule has 2 amide bonds. The maximum absolute atomic E-state index is 11.6. The zero-order chi connectivity index (χ0) is 11.5. The molecule has 0 saturated heterocycles.